The first-order chi connectivity index (χ1) is 49.4. The summed E-state index contributed by atoms with van der Waals surface area (Å²) in [5, 5.41) is 8.65. The number of aliphatic imine (C=N–C) groups is 3. The van der Waals surface area contributed by atoms with Gasteiger partial charge in [0.05, 0.1) is 32.8 Å². The Kier molecular flexibility index (Phi) is 24.1. The zero-order chi connectivity index (χ0) is 78.1. The van der Waals surface area contributed by atoms with E-state index in [4.69, 9.17) is 48.6 Å². The van der Waals surface area contributed by atoms with Crippen LogP contribution in [0.15, 0.2) is 102 Å². The lowest BCUT2D eigenvalue weighted by Gasteiger charge is -2.21. The van der Waals surface area contributed by atoms with E-state index in [-0.39, 0.29) is 71.5 Å². The van der Waals surface area contributed by atoms with Crippen LogP contribution in [0.5, 0.6) is 17.2 Å². The van der Waals surface area contributed by atoms with Gasteiger partial charge in [0.15, 0.2) is 0 Å². The normalized spacial score (nSPS) is 16.4. The maximum Gasteiger partial charge on any atom is 0.264 e. The summed E-state index contributed by atoms with van der Waals surface area (Å²) in [5.41, 5.74) is 48.0. The Morgan fingerprint density at radius 1 is 0.387 bits per heavy atom. The molecule has 30 heteroatoms. The zero-order valence-corrected chi connectivity index (χ0v) is 65.6. The zero-order valence-electron chi connectivity index (χ0n) is 63.2. The number of nitrogens with zero attached hydrogens (tertiary/aromatic N) is 3. The van der Waals surface area contributed by atoms with Gasteiger partial charge in [0.25, 0.3) is 30.1 Å². The van der Waals surface area contributed by atoms with E-state index in [2.05, 4.69) is 45.1 Å². The Morgan fingerprint density at radius 3 is 0.840 bits per heavy atom. The quantitative estimate of drug-likeness (QED) is 0.0101. The highest BCUT2D eigenvalue weighted by Gasteiger charge is 2.40. The second kappa shape index (κ2) is 31.6. The topological polar surface area (TPSA) is 447 Å². The first-order valence-electron chi connectivity index (χ1n) is 35.3. The van der Waals surface area contributed by atoms with Gasteiger partial charge in [-0.1, -0.05) is 36.4 Å². The first kappa shape index (κ1) is 80.8. The molecular weight excluding hydrogens is 1410 g/mol. The van der Waals surface area contributed by atoms with Crippen molar-refractivity contribution in [3.05, 3.63) is 156 Å². The molecule has 572 valence electrons. The highest BCUT2D eigenvalue weighted by molar-refractivity contribution is 7.90. The third-order valence-corrected chi connectivity index (χ3v) is 24.7. The molecule has 0 unspecified atom stereocenters. The maximum absolute atomic E-state index is 13.7. The van der Waals surface area contributed by atoms with Crippen molar-refractivity contribution in [2.24, 2.45) is 49.4 Å². The lowest BCUT2D eigenvalue weighted by molar-refractivity contribution is -0.118. The van der Waals surface area contributed by atoms with Crippen LogP contribution in [-0.4, -0.2) is 115 Å². The van der Waals surface area contributed by atoms with Gasteiger partial charge in [0, 0.05) is 78.6 Å². The molecular formula is C76H103N15O12S3. The van der Waals surface area contributed by atoms with E-state index < -0.39 is 88.6 Å². The number of benzene rings is 6. The van der Waals surface area contributed by atoms with Crippen molar-refractivity contribution in [3.63, 3.8) is 0 Å². The van der Waals surface area contributed by atoms with Gasteiger partial charge in [0.1, 0.15) is 34.1 Å². The fraction of sp³-hybridized carbons (Fsp3) is 0.447. The molecule has 3 aliphatic rings. The van der Waals surface area contributed by atoms with Gasteiger partial charge in [-0.05, 0) is 246 Å². The van der Waals surface area contributed by atoms with Gasteiger partial charge in [-0.2, -0.15) is 0 Å². The van der Waals surface area contributed by atoms with Crippen LogP contribution in [0.1, 0.15) is 169 Å². The van der Waals surface area contributed by atoms with Gasteiger partial charge < -0.3 is 64.6 Å². The molecule has 6 aromatic carbocycles. The van der Waals surface area contributed by atoms with Gasteiger partial charge in [-0.15, -0.1) is 0 Å². The Morgan fingerprint density at radius 2 is 0.613 bits per heavy atom. The van der Waals surface area contributed by atoms with Crippen molar-refractivity contribution in [2.75, 3.05) is 35.6 Å². The van der Waals surface area contributed by atoms with Crippen LogP contribution in [0.2, 0.25) is 0 Å². The molecule has 0 aliphatic carbocycles. The number of nitrogens with two attached hydrogens (primary N) is 6. The maximum atomic E-state index is 13.7. The molecule has 0 saturated heterocycles. The third-order valence-electron chi connectivity index (χ3n) is 19.8. The molecule has 0 aromatic heterocycles. The fourth-order valence-corrected chi connectivity index (χ4v) is 18.7. The molecule has 0 saturated carbocycles. The van der Waals surface area contributed by atoms with Crippen molar-refractivity contribution < 1.29 is 53.8 Å². The monoisotopic (exact) mass is 1510 g/mol. The lowest BCUT2D eigenvalue weighted by Crippen LogP contribution is -2.38. The van der Waals surface area contributed by atoms with Crippen LogP contribution < -0.4 is 78.7 Å². The summed E-state index contributed by atoms with van der Waals surface area (Å²) < 4.78 is 108. The van der Waals surface area contributed by atoms with E-state index in [1.54, 1.807) is 77.9 Å². The number of anilines is 3. The fourth-order valence-electron chi connectivity index (χ4n) is 14.1. The Balaban J connectivity index is 0.820. The smallest absolute Gasteiger partial charge is 0.264 e. The first-order valence-corrected chi connectivity index (χ1v) is 39.8. The number of hydrogen-bond donors (Lipinski definition) is 12. The number of fused-ring (bicyclic) bond motifs is 3. The summed E-state index contributed by atoms with van der Waals surface area (Å²) in [6, 6.07) is 18.7. The second-order valence-electron chi connectivity index (χ2n) is 29.8. The van der Waals surface area contributed by atoms with Crippen LogP contribution in [0.3, 0.4) is 0 Å². The predicted octanol–water partition coefficient (Wildman–Crippen LogP) is 7.80. The van der Waals surface area contributed by atoms with E-state index in [1.807, 2.05) is 98.7 Å². The summed E-state index contributed by atoms with van der Waals surface area (Å²) in [4.78, 5) is 53.6. The second-order valence-corrected chi connectivity index (χ2v) is 34.6. The molecule has 9 rings (SSSR count). The number of hydrogen-bond acceptors (Lipinski definition) is 18. The summed E-state index contributed by atoms with van der Waals surface area (Å²) in [7, 11) is -12.4. The Labute approximate surface area is 622 Å². The average molecular weight is 1510 g/mol. The minimum Gasteiger partial charge on any atom is -0.487 e. The van der Waals surface area contributed by atoms with Crippen LogP contribution >= 0.6 is 0 Å². The molecule has 3 amide bonds. The lowest BCUT2D eigenvalue weighted by atomic mass is 9.85. The van der Waals surface area contributed by atoms with E-state index in [1.165, 1.54) is 0 Å². The predicted molar refractivity (Wildman–Crippen MR) is 415 cm³/mol. The van der Waals surface area contributed by atoms with Gasteiger partial charge >= 0.3 is 0 Å². The number of guanidine groups is 3. The summed E-state index contributed by atoms with van der Waals surface area (Å²) in [6.07, 6.45) is 3.21. The summed E-state index contributed by atoms with van der Waals surface area (Å²) >= 11 is 0. The van der Waals surface area contributed by atoms with Crippen LogP contribution in [0.25, 0.3) is 0 Å². The molecule has 6 aromatic rings. The van der Waals surface area contributed by atoms with Gasteiger partial charge in [-0.25, -0.2) is 39.4 Å². The number of nitrogens with one attached hydrogen (secondary N) is 6. The molecule has 3 atom stereocenters. The molecule has 106 heavy (non-hydrogen) atoms. The molecule has 27 nitrogen and oxygen atoms in total. The number of sulfonamides is 3. The molecule has 3 heterocycles. The van der Waals surface area contributed by atoms with Crippen molar-refractivity contribution in [1.29, 1.82) is 0 Å². The van der Waals surface area contributed by atoms with E-state index in [0.717, 1.165) is 50.1 Å². The van der Waals surface area contributed by atoms with Gasteiger partial charge in [-0.3, -0.25) is 29.4 Å². The highest BCUT2D eigenvalue weighted by atomic mass is 32.2. The number of carbonyl (C=O) groups is 3. The third kappa shape index (κ3) is 18.4. The Bertz CT molecular complexity index is 4380. The molecule has 0 fully saturated rings. The molecule has 18 N–H and O–H groups in total. The van der Waals surface area contributed by atoms with Crippen LogP contribution in [0.4, 0.5) is 17.1 Å². The number of ether oxygens (including phenoxy) is 3. The molecule has 3 aliphatic heterocycles. The van der Waals surface area contributed by atoms with Crippen LogP contribution in [0, 0.1) is 62.3 Å². The van der Waals surface area contributed by atoms with Crippen molar-refractivity contribution >= 4 is 82.7 Å². The molecule has 0 radical (unpaired) electrons. The Hall–Kier alpha value is -9.33. The van der Waals surface area contributed by atoms with Gasteiger partial charge in [0.2, 0.25) is 35.6 Å². The number of carbonyl (C=O) groups excluding carboxylic acids is 3. The largest absolute Gasteiger partial charge is 0.487 e. The van der Waals surface area contributed by atoms with E-state index >= 15 is 0 Å². The minimum absolute atomic E-state index is 0.0872. The summed E-state index contributed by atoms with van der Waals surface area (Å²) in [5.74, 6) is -0.595. The van der Waals surface area contributed by atoms with Crippen molar-refractivity contribution in [2.45, 2.75) is 217 Å². The molecule has 0 bridgehead atoms. The highest BCUT2D eigenvalue weighted by Crippen LogP contribution is 2.47. The number of rotatable bonds is 27. The average Bonchev–Trinajstić information content (AvgIpc) is 1.49. The SMILES string of the molecule is Cc1c(C)c(S(=O)(=O)NC(N)=NCCC[C@@H](N)C(=O)Nc2ccc(C(c3ccc(NC(=O)[C@H](N)CCCN=C(N)NS(=O)(=O)c4c(C)c(C)c5c(c4C)CC(C)(C)O5)cc3)c3ccc(NC(=O)[C@H](N)CCCN=C(N)NS(=O)(=O)c4c(C)c(C)c5c(c4C)CC(C)(C)O5)cc3)cc2)c(C)c2c1OC(C)(C)C2. The van der Waals surface area contributed by atoms with Crippen LogP contribution in [-0.2, 0) is 63.7 Å². The number of amides is 3. The van der Waals surface area contributed by atoms with E-state index in [0.29, 0.717) is 106 Å². The van der Waals surface area contributed by atoms with Crippen molar-refractivity contribution in [1.82, 2.24) is 14.2 Å². The summed E-state index contributed by atoms with van der Waals surface area (Å²) in [6.45, 7) is 28.0. The van der Waals surface area contributed by atoms with Crippen molar-refractivity contribution in [3.8, 4) is 17.2 Å². The standard InChI is InChI=1S/C76H103N15O12S3/c1-40-43(4)65(46(7)55-37-74(10,11)101-62(40)55)104(95,96)89-71(80)83-34-16-19-58(77)68(92)86-52-28-22-49(23-29-52)61(50-24-30-53(31-25-50)87-69(93)59(78)20-17-35-84-72(81)90-105(97,98)66-44(5)41(2)63-56(47(66)8)38-75(12,13)102-63)51-26-32-54(33-27-51)88-70(94)60(79)21-18-36-85-73(82)91-106(99,100)67-45(6)42(3)64-57(48(67)9)39-76(14,15)103-64/h22-33,58-61H,16-21,34-39,77-79H2,1-15H3,(H,86,92)(H,87,93)(H,88,94)(H3,80,83,89)(H3,81,84,90)(H3,82,85,91)/t58-,59-,60-/m1/s1. The molecule has 0 spiro atoms. The van der Waals surface area contributed by atoms with E-state index in [9.17, 15) is 39.6 Å². The minimum atomic E-state index is -4.12.